The van der Waals surface area contributed by atoms with E-state index in [1.165, 1.54) is 0 Å². The Morgan fingerprint density at radius 2 is 2.00 bits per heavy atom. The summed E-state index contributed by atoms with van der Waals surface area (Å²) in [4.78, 5) is 0. The van der Waals surface area contributed by atoms with Crippen LogP contribution in [0.15, 0.2) is 18.2 Å². The SMILES string of the molecule is COCCOCCNCc1ccc(OC)cc1O. The molecule has 0 fully saturated rings. The Balaban J connectivity index is 2.19. The summed E-state index contributed by atoms with van der Waals surface area (Å²) in [5, 5.41) is 12.9. The molecule has 1 aromatic rings. The van der Waals surface area contributed by atoms with E-state index in [9.17, 15) is 5.11 Å². The van der Waals surface area contributed by atoms with Gasteiger partial charge in [-0.1, -0.05) is 6.07 Å². The van der Waals surface area contributed by atoms with Crippen molar-refractivity contribution >= 4 is 0 Å². The van der Waals surface area contributed by atoms with Crippen molar-refractivity contribution in [3.05, 3.63) is 23.8 Å². The van der Waals surface area contributed by atoms with Crippen molar-refractivity contribution in [3.8, 4) is 11.5 Å². The molecule has 0 saturated heterocycles. The van der Waals surface area contributed by atoms with Crippen LogP contribution < -0.4 is 10.1 Å². The van der Waals surface area contributed by atoms with E-state index in [1.807, 2.05) is 12.1 Å². The molecule has 18 heavy (non-hydrogen) atoms. The molecule has 0 aromatic heterocycles. The second-order valence-corrected chi connectivity index (χ2v) is 3.78. The average Bonchev–Trinajstić information content (AvgIpc) is 2.39. The summed E-state index contributed by atoms with van der Waals surface area (Å²) in [6.07, 6.45) is 0. The van der Waals surface area contributed by atoms with Crippen LogP contribution in [0.1, 0.15) is 5.56 Å². The summed E-state index contributed by atoms with van der Waals surface area (Å²) in [6.45, 7) is 3.17. The molecule has 0 aliphatic carbocycles. The number of benzene rings is 1. The minimum atomic E-state index is 0.238. The monoisotopic (exact) mass is 255 g/mol. The highest BCUT2D eigenvalue weighted by atomic mass is 16.5. The van der Waals surface area contributed by atoms with Gasteiger partial charge in [-0.15, -0.1) is 0 Å². The largest absolute Gasteiger partial charge is 0.507 e. The summed E-state index contributed by atoms with van der Waals surface area (Å²) in [5.74, 6) is 0.890. The van der Waals surface area contributed by atoms with Crippen molar-refractivity contribution in [1.82, 2.24) is 5.32 Å². The van der Waals surface area contributed by atoms with Crippen LogP contribution in [0.5, 0.6) is 11.5 Å². The first-order valence-electron chi connectivity index (χ1n) is 5.91. The maximum absolute atomic E-state index is 9.73. The van der Waals surface area contributed by atoms with Crippen molar-refractivity contribution in [1.29, 1.82) is 0 Å². The highest BCUT2D eigenvalue weighted by Crippen LogP contribution is 2.22. The highest BCUT2D eigenvalue weighted by molar-refractivity contribution is 5.39. The van der Waals surface area contributed by atoms with Crippen LogP contribution >= 0.6 is 0 Å². The van der Waals surface area contributed by atoms with Gasteiger partial charge in [0.2, 0.25) is 0 Å². The summed E-state index contributed by atoms with van der Waals surface area (Å²) in [5.41, 5.74) is 0.840. The van der Waals surface area contributed by atoms with Crippen molar-refractivity contribution in [2.45, 2.75) is 6.54 Å². The Hall–Kier alpha value is -1.30. The minimum absolute atomic E-state index is 0.238. The lowest BCUT2D eigenvalue weighted by Crippen LogP contribution is -2.20. The first-order valence-corrected chi connectivity index (χ1v) is 5.91. The predicted octanol–water partition coefficient (Wildman–Crippen LogP) is 1.15. The van der Waals surface area contributed by atoms with Gasteiger partial charge >= 0.3 is 0 Å². The van der Waals surface area contributed by atoms with Gasteiger partial charge in [0.1, 0.15) is 11.5 Å². The molecule has 0 aliphatic heterocycles. The van der Waals surface area contributed by atoms with Gasteiger partial charge < -0.3 is 24.6 Å². The first kappa shape index (κ1) is 14.8. The zero-order valence-corrected chi connectivity index (χ0v) is 10.9. The number of aromatic hydroxyl groups is 1. The van der Waals surface area contributed by atoms with E-state index in [-0.39, 0.29) is 5.75 Å². The smallest absolute Gasteiger partial charge is 0.123 e. The van der Waals surface area contributed by atoms with Crippen LogP contribution in [0, 0.1) is 0 Å². The molecule has 5 nitrogen and oxygen atoms in total. The Kier molecular flexibility index (Phi) is 7.17. The molecule has 0 spiro atoms. The Labute approximate surface area is 108 Å². The number of phenols is 1. The Morgan fingerprint density at radius 1 is 1.17 bits per heavy atom. The standard InChI is InChI=1S/C13H21NO4/c1-16-7-8-18-6-5-14-10-11-3-4-12(17-2)9-13(11)15/h3-4,9,14-15H,5-8,10H2,1-2H3. The van der Waals surface area contributed by atoms with Gasteiger partial charge in [0, 0.05) is 31.8 Å². The molecular formula is C13H21NO4. The molecule has 102 valence electrons. The topological polar surface area (TPSA) is 60.0 Å². The number of hydrogen-bond acceptors (Lipinski definition) is 5. The third-order valence-electron chi connectivity index (χ3n) is 2.46. The second kappa shape index (κ2) is 8.74. The summed E-state index contributed by atoms with van der Waals surface area (Å²) >= 11 is 0. The highest BCUT2D eigenvalue weighted by Gasteiger charge is 2.02. The van der Waals surface area contributed by atoms with E-state index in [1.54, 1.807) is 20.3 Å². The van der Waals surface area contributed by atoms with Crippen molar-refractivity contribution in [2.24, 2.45) is 0 Å². The van der Waals surface area contributed by atoms with Gasteiger partial charge in [0.15, 0.2) is 0 Å². The number of nitrogens with one attached hydrogen (secondary N) is 1. The average molecular weight is 255 g/mol. The van der Waals surface area contributed by atoms with Gasteiger partial charge in [-0.3, -0.25) is 0 Å². The lowest BCUT2D eigenvalue weighted by molar-refractivity contribution is 0.0719. The lowest BCUT2D eigenvalue weighted by atomic mass is 10.2. The van der Waals surface area contributed by atoms with E-state index in [0.717, 1.165) is 12.1 Å². The fraction of sp³-hybridized carbons (Fsp3) is 0.538. The molecule has 0 radical (unpaired) electrons. The number of ether oxygens (including phenoxy) is 3. The van der Waals surface area contributed by atoms with E-state index < -0.39 is 0 Å². The maximum atomic E-state index is 9.73. The molecule has 0 unspecified atom stereocenters. The van der Waals surface area contributed by atoms with E-state index in [0.29, 0.717) is 32.1 Å². The normalized spacial score (nSPS) is 10.6. The number of hydrogen-bond donors (Lipinski definition) is 2. The zero-order valence-electron chi connectivity index (χ0n) is 10.9. The quantitative estimate of drug-likeness (QED) is 0.648. The molecule has 0 bridgehead atoms. The van der Waals surface area contributed by atoms with Crippen molar-refractivity contribution < 1.29 is 19.3 Å². The fourth-order valence-electron chi connectivity index (χ4n) is 1.43. The van der Waals surface area contributed by atoms with Gasteiger partial charge in [0.25, 0.3) is 0 Å². The summed E-state index contributed by atoms with van der Waals surface area (Å²) in [6, 6.07) is 5.27. The first-order chi connectivity index (χ1) is 8.77. The fourth-order valence-corrected chi connectivity index (χ4v) is 1.43. The van der Waals surface area contributed by atoms with Gasteiger partial charge in [0.05, 0.1) is 26.9 Å². The zero-order chi connectivity index (χ0) is 13.2. The van der Waals surface area contributed by atoms with Crippen LogP contribution in [0.25, 0.3) is 0 Å². The summed E-state index contributed by atoms with van der Waals surface area (Å²) < 4.78 is 15.2. The van der Waals surface area contributed by atoms with Crippen LogP contribution in [0.2, 0.25) is 0 Å². The number of methoxy groups -OCH3 is 2. The molecule has 0 saturated carbocycles. The molecule has 1 aromatic carbocycles. The van der Waals surface area contributed by atoms with Crippen LogP contribution in [0.3, 0.4) is 0 Å². The molecular weight excluding hydrogens is 234 g/mol. The third kappa shape index (κ3) is 5.35. The van der Waals surface area contributed by atoms with Crippen LogP contribution in [0.4, 0.5) is 0 Å². The van der Waals surface area contributed by atoms with Crippen molar-refractivity contribution in [2.75, 3.05) is 40.6 Å². The maximum Gasteiger partial charge on any atom is 0.123 e. The third-order valence-corrected chi connectivity index (χ3v) is 2.46. The molecule has 0 aliphatic rings. The van der Waals surface area contributed by atoms with Gasteiger partial charge in [-0.2, -0.15) is 0 Å². The van der Waals surface area contributed by atoms with E-state index in [4.69, 9.17) is 14.2 Å². The summed E-state index contributed by atoms with van der Waals surface area (Å²) in [7, 11) is 3.22. The Bertz CT molecular complexity index is 344. The van der Waals surface area contributed by atoms with E-state index >= 15 is 0 Å². The molecule has 1 rings (SSSR count). The molecule has 0 atom stereocenters. The predicted molar refractivity (Wildman–Crippen MR) is 69.1 cm³/mol. The van der Waals surface area contributed by atoms with Crippen molar-refractivity contribution in [3.63, 3.8) is 0 Å². The Morgan fingerprint density at radius 3 is 2.67 bits per heavy atom. The molecule has 0 amide bonds. The molecule has 5 heteroatoms. The van der Waals surface area contributed by atoms with Crippen LogP contribution in [-0.4, -0.2) is 45.7 Å². The molecule has 2 N–H and O–H groups in total. The van der Waals surface area contributed by atoms with Gasteiger partial charge in [-0.25, -0.2) is 0 Å². The van der Waals surface area contributed by atoms with E-state index in [2.05, 4.69) is 5.32 Å². The van der Waals surface area contributed by atoms with Gasteiger partial charge in [-0.05, 0) is 6.07 Å². The number of rotatable bonds is 9. The van der Waals surface area contributed by atoms with Crippen LogP contribution in [-0.2, 0) is 16.0 Å². The lowest BCUT2D eigenvalue weighted by Gasteiger charge is -2.08. The molecule has 0 heterocycles. The second-order valence-electron chi connectivity index (χ2n) is 3.78. The minimum Gasteiger partial charge on any atom is -0.507 e. The number of phenolic OH excluding ortho intramolecular Hbond substituents is 1.